The molecule has 1 fully saturated rings. The van der Waals surface area contributed by atoms with Gasteiger partial charge in [0.05, 0.1) is 6.04 Å². The summed E-state index contributed by atoms with van der Waals surface area (Å²) in [5.74, 6) is 1.84. The van der Waals surface area contributed by atoms with Crippen LogP contribution in [-0.2, 0) is 0 Å². The number of ether oxygens (including phenoxy) is 1. The fraction of sp³-hybridized carbons (Fsp3) is 0.600. The van der Waals surface area contributed by atoms with Crippen LogP contribution < -0.4 is 10.1 Å². The third kappa shape index (κ3) is 1.97. The van der Waals surface area contributed by atoms with Crippen molar-refractivity contribution in [1.29, 1.82) is 0 Å². The number of rotatable bonds is 4. The van der Waals surface area contributed by atoms with Crippen LogP contribution in [-0.4, -0.2) is 18.3 Å². The molecule has 2 aliphatic rings. The number of phenols is 1. The molecular weight excluding hydrogens is 226 g/mol. The Morgan fingerprint density at radius 3 is 2.89 bits per heavy atom. The van der Waals surface area contributed by atoms with Gasteiger partial charge in [0.15, 0.2) is 0 Å². The summed E-state index contributed by atoms with van der Waals surface area (Å²) in [5.41, 5.74) is 1.69. The molecule has 98 valence electrons. The molecular formula is C15H21NO2. The molecule has 2 N–H and O–H groups in total. The van der Waals surface area contributed by atoms with Crippen molar-refractivity contribution in [3.63, 3.8) is 0 Å². The molecule has 1 heterocycles. The predicted molar refractivity (Wildman–Crippen MR) is 70.9 cm³/mol. The fourth-order valence-corrected chi connectivity index (χ4v) is 2.81. The molecule has 1 aromatic carbocycles. The minimum atomic E-state index is 0.273. The summed E-state index contributed by atoms with van der Waals surface area (Å²) >= 11 is 0. The van der Waals surface area contributed by atoms with Crippen molar-refractivity contribution < 1.29 is 9.84 Å². The Morgan fingerprint density at radius 2 is 2.22 bits per heavy atom. The maximum absolute atomic E-state index is 9.42. The smallest absolute Gasteiger partial charge is 0.127 e. The molecule has 0 bridgehead atoms. The van der Waals surface area contributed by atoms with Gasteiger partial charge in [-0.25, -0.2) is 0 Å². The van der Waals surface area contributed by atoms with E-state index in [2.05, 4.69) is 19.2 Å². The highest BCUT2D eigenvalue weighted by Crippen LogP contribution is 2.51. The van der Waals surface area contributed by atoms with Crippen LogP contribution in [0.2, 0.25) is 0 Å². The SMILES string of the molecule is CC(C)C1(CNC2COc3cc(O)ccc32)CC1. The largest absolute Gasteiger partial charge is 0.508 e. The summed E-state index contributed by atoms with van der Waals surface area (Å²) in [5, 5.41) is 13.1. The molecule has 1 aliphatic heterocycles. The van der Waals surface area contributed by atoms with Gasteiger partial charge >= 0.3 is 0 Å². The van der Waals surface area contributed by atoms with Gasteiger partial charge in [0, 0.05) is 18.2 Å². The number of aromatic hydroxyl groups is 1. The molecule has 1 atom stereocenters. The van der Waals surface area contributed by atoms with Gasteiger partial charge in [0.2, 0.25) is 0 Å². The van der Waals surface area contributed by atoms with E-state index in [1.165, 1.54) is 18.4 Å². The molecule has 3 rings (SSSR count). The predicted octanol–water partition coefficient (Wildman–Crippen LogP) is 2.85. The van der Waals surface area contributed by atoms with Crippen LogP contribution in [0.4, 0.5) is 0 Å². The van der Waals surface area contributed by atoms with E-state index in [0.29, 0.717) is 12.0 Å². The first-order chi connectivity index (χ1) is 8.61. The Kier molecular flexibility index (Phi) is 2.74. The molecule has 0 amide bonds. The van der Waals surface area contributed by atoms with E-state index in [-0.39, 0.29) is 11.8 Å². The third-order valence-corrected chi connectivity index (χ3v) is 4.60. The second-order valence-corrected chi connectivity index (χ2v) is 5.98. The van der Waals surface area contributed by atoms with Crippen molar-refractivity contribution >= 4 is 0 Å². The molecule has 0 saturated heterocycles. The zero-order chi connectivity index (χ0) is 12.8. The van der Waals surface area contributed by atoms with Crippen molar-refractivity contribution in [1.82, 2.24) is 5.32 Å². The lowest BCUT2D eigenvalue weighted by atomic mass is 9.92. The number of fused-ring (bicyclic) bond motifs is 1. The number of nitrogens with one attached hydrogen (secondary N) is 1. The molecule has 0 aromatic heterocycles. The lowest BCUT2D eigenvalue weighted by Crippen LogP contribution is -2.31. The third-order valence-electron chi connectivity index (χ3n) is 4.60. The fourth-order valence-electron chi connectivity index (χ4n) is 2.81. The van der Waals surface area contributed by atoms with Gasteiger partial charge in [-0.2, -0.15) is 0 Å². The Morgan fingerprint density at radius 1 is 1.44 bits per heavy atom. The lowest BCUT2D eigenvalue weighted by molar-refractivity contribution is 0.277. The van der Waals surface area contributed by atoms with E-state index in [1.54, 1.807) is 12.1 Å². The molecule has 3 heteroatoms. The molecule has 1 unspecified atom stereocenters. The van der Waals surface area contributed by atoms with Gasteiger partial charge in [-0.15, -0.1) is 0 Å². The van der Waals surface area contributed by atoms with E-state index < -0.39 is 0 Å². The molecule has 0 spiro atoms. The molecule has 1 aliphatic carbocycles. The second-order valence-electron chi connectivity index (χ2n) is 5.98. The first-order valence-electron chi connectivity index (χ1n) is 6.80. The average molecular weight is 247 g/mol. The first-order valence-corrected chi connectivity index (χ1v) is 6.80. The summed E-state index contributed by atoms with van der Waals surface area (Å²) in [7, 11) is 0. The standard InChI is InChI=1S/C15H21NO2/c1-10(2)15(5-6-15)9-16-13-8-18-14-7-11(17)3-4-12(13)14/h3-4,7,10,13,16-17H,5-6,8-9H2,1-2H3. The zero-order valence-electron chi connectivity index (χ0n) is 11.1. The Hall–Kier alpha value is -1.22. The highest BCUT2D eigenvalue weighted by molar-refractivity contribution is 5.44. The summed E-state index contributed by atoms with van der Waals surface area (Å²) in [6.45, 7) is 6.36. The maximum Gasteiger partial charge on any atom is 0.127 e. The van der Waals surface area contributed by atoms with Gasteiger partial charge < -0.3 is 15.2 Å². The highest BCUT2D eigenvalue weighted by Gasteiger charge is 2.45. The lowest BCUT2D eigenvalue weighted by Gasteiger charge is -2.22. The van der Waals surface area contributed by atoms with Gasteiger partial charge in [0.1, 0.15) is 18.1 Å². The summed E-state index contributed by atoms with van der Waals surface area (Å²) < 4.78 is 5.62. The minimum absolute atomic E-state index is 0.273. The van der Waals surface area contributed by atoms with Crippen molar-refractivity contribution in [2.45, 2.75) is 32.7 Å². The molecule has 3 nitrogen and oxygen atoms in total. The van der Waals surface area contributed by atoms with Crippen LogP contribution in [0.5, 0.6) is 11.5 Å². The second kappa shape index (κ2) is 4.16. The van der Waals surface area contributed by atoms with Gasteiger partial charge in [-0.1, -0.05) is 13.8 Å². The molecule has 0 radical (unpaired) electrons. The van der Waals surface area contributed by atoms with Crippen molar-refractivity contribution in [2.24, 2.45) is 11.3 Å². The van der Waals surface area contributed by atoms with E-state index in [4.69, 9.17) is 4.74 Å². The summed E-state index contributed by atoms with van der Waals surface area (Å²) in [4.78, 5) is 0. The van der Waals surface area contributed by atoms with E-state index in [1.807, 2.05) is 6.07 Å². The average Bonchev–Trinajstić information content (AvgIpc) is 3.03. The first kappa shape index (κ1) is 11.8. The Bertz CT molecular complexity index is 452. The quantitative estimate of drug-likeness (QED) is 0.859. The van der Waals surface area contributed by atoms with E-state index >= 15 is 0 Å². The summed E-state index contributed by atoms with van der Waals surface area (Å²) in [6, 6.07) is 5.67. The summed E-state index contributed by atoms with van der Waals surface area (Å²) in [6.07, 6.45) is 2.68. The topological polar surface area (TPSA) is 41.5 Å². The van der Waals surface area contributed by atoms with E-state index in [9.17, 15) is 5.11 Å². The van der Waals surface area contributed by atoms with Crippen LogP contribution in [0.1, 0.15) is 38.3 Å². The van der Waals surface area contributed by atoms with Crippen LogP contribution in [0.25, 0.3) is 0 Å². The molecule has 1 aromatic rings. The Balaban J connectivity index is 1.67. The van der Waals surface area contributed by atoms with Crippen LogP contribution >= 0.6 is 0 Å². The number of hydrogen-bond acceptors (Lipinski definition) is 3. The monoisotopic (exact) mass is 247 g/mol. The number of phenolic OH excluding ortho intramolecular Hbond substituents is 1. The van der Waals surface area contributed by atoms with Crippen LogP contribution in [0.15, 0.2) is 18.2 Å². The zero-order valence-corrected chi connectivity index (χ0v) is 11.1. The number of hydrogen-bond donors (Lipinski definition) is 2. The minimum Gasteiger partial charge on any atom is -0.508 e. The van der Waals surface area contributed by atoms with Gasteiger partial charge in [-0.05, 0) is 36.3 Å². The van der Waals surface area contributed by atoms with Crippen molar-refractivity contribution in [2.75, 3.05) is 13.2 Å². The maximum atomic E-state index is 9.42. The van der Waals surface area contributed by atoms with Crippen molar-refractivity contribution in [3.05, 3.63) is 23.8 Å². The molecule has 1 saturated carbocycles. The number of benzene rings is 1. The highest BCUT2D eigenvalue weighted by atomic mass is 16.5. The van der Waals surface area contributed by atoms with Crippen LogP contribution in [0.3, 0.4) is 0 Å². The Labute approximate surface area is 108 Å². The normalized spacial score (nSPS) is 23.8. The molecule has 18 heavy (non-hydrogen) atoms. The van der Waals surface area contributed by atoms with Crippen LogP contribution in [0, 0.1) is 11.3 Å². The van der Waals surface area contributed by atoms with Gasteiger partial charge in [-0.3, -0.25) is 0 Å². The van der Waals surface area contributed by atoms with Gasteiger partial charge in [0.25, 0.3) is 0 Å². The van der Waals surface area contributed by atoms with E-state index in [0.717, 1.165) is 18.2 Å². The van der Waals surface area contributed by atoms with Crippen molar-refractivity contribution in [3.8, 4) is 11.5 Å².